The zero-order chi connectivity index (χ0) is 43.1. The number of aliphatic hydroxyl groups excluding tert-OH is 1. The zero-order valence-electron chi connectivity index (χ0n) is 32.4. The van der Waals surface area contributed by atoms with Crippen molar-refractivity contribution in [1.82, 2.24) is 10.0 Å². The van der Waals surface area contributed by atoms with Gasteiger partial charge < -0.3 is 20.6 Å². The van der Waals surface area contributed by atoms with Crippen molar-refractivity contribution >= 4 is 60.5 Å². The van der Waals surface area contributed by atoms with E-state index in [1.165, 1.54) is 23.9 Å². The number of carbonyl (C=O) groups is 1. The van der Waals surface area contributed by atoms with Crippen LogP contribution in [-0.4, -0.2) is 71.8 Å². The number of rotatable bonds is 16. The molecule has 1 saturated heterocycles. The molecule has 4 N–H and O–H groups in total. The summed E-state index contributed by atoms with van der Waals surface area (Å²) in [5.41, 5.74) is -2.73. The predicted octanol–water partition coefficient (Wildman–Crippen LogP) is 8.55. The van der Waals surface area contributed by atoms with Gasteiger partial charge in [0.1, 0.15) is 4.90 Å². The lowest BCUT2D eigenvalue weighted by atomic mass is 9.84. The zero-order valence-corrected chi connectivity index (χ0v) is 35.6. The van der Waals surface area contributed by atoms with Crippen LogP contribution >= 0.6 is 23.4 Å². The van der Waals surface area contributed by atoms with E-state index < -0.39 is 58.9 Å². The van der Waals surface area contributed by atoms with Crippen molar-refractivity contribution in [1.29, 1.82) is 0 Å². The molecule has 1 aliphatic heterocycles. The number of anilines is 2. The first-order valence-electron chi connectivity index (χ1n) is 19.1. The minimum atomic E-state index is -6.04. The van der Waals surface area contributed by atoms with Crippen molar-refractivity contribution in [3.63, 3.8) is 0 Å². The summed E-state index contributed by atoms with van der Waals surface area (Å²) in [6.45, 7) is 1.68. The topological polar surface area (TPSA) is 145 Å². The van der Waals surface area contributed by atoms with Gasteiger partial charge in [-0.25, -0.2) is 21.6 Å². The Kier molecular flexibility index (Phi) is 14.6. The molecule has 0 radical (unpaired) electrons. The maximum Gasteiger partial charge on any atom is 0.501 e. The monoisotopic (exact) mass is 900 g/mol. The number of halogens is 4. The van der Waals surface area contributed by atoms with E-state index in [1.807, 2.05) is 83.6 Å². The highest BCUT2D eigenvalue weighted by atomic mass is 35.5. The lowest BCUT2D eigenvalue weighted by molar-refractivity contribution is -0.0435. The third-order valence-corrected chi connectivity index (χ3v) is 14.6. The first-order chi connectivity index (χ1) is 28.6. The molecular formula is C43H44ClF3N4O6S3. The predicted molar refractivity (Wildman–Crippen MR) is 231 cm³/mol. The Hall–Kier alpha value is -4.58. The Morgan fingerprint density at radius 2 is 1.53 bits per heavy atom. The number of hydrogen-bond donors (Lipinski definition) is 4. The van der Waals surface area contributed by atoms with Gasteiger partial charge in [-0.15, -0.1) is 11.8 Å². The molecule has 6 rings (SSSR count). The molecule has 0 aliphatic carbocycles. The summed E-state index contributed by atoms with van der Waals surface area (Å²) in [6, 6.07) is 32.4. The average Bonchev–Trinajstić information content (AvgIpc) is 3.24. The number of alkyl halides is 3. The lowest BCUT2D eigenvalue weighted by Crippen LogP contribution is -2.36. The highest BCUT2D eigenvalue weighted by Gasteiger charge is 2.48. The number of piperidine rings is 1. The summed E-state index contributed by atoms with van der Waals surface area (Å²) in [6.07, 6.45) is 1.06. The maximum absolute atomic E-state index is 14.0. The van der Waals surface area contributed by atoms with Crippen LogP contribution < -0.4 is 20.3 Å². The fourth-order valence-electron chi connectivity index (χ4n) is 7.02. The van der Waals surface area contributed by atoms with Gasteiger partial charge in [0.2, 0.25) is 0 Å². The SMILES string of the molecule is CNCC[C@H](CSc1ccccc1)Nc1ccc(S(=O)(=O)NC(=O)c2ccc(N3CCC([C@@H](O)c4ccccc4-c4ccc(Cl)cc4)CC3)cc2)cc1S(=O)(=O)C(F)(F)F. The average molecular weight is 901 g/mol. The molecule has 0 saturated carbocycles. The summed E-state index contributed by atoms with van der Waals surface area (Å²) in [5.74, 6) is -0.718. The van der Waals surface area contributed by atoms with Crippen molar-refractivity contribution in [3.8, 4) is 11.1 Å². The second-order valence-electron chi connectivity index (χ2n) is 14.3. The first-order valence-corrected chi connectivity index (χ1v) is 23.4. The molecular weight excluding hydrogens is 857 g/mol. The maximum atomic E-state index is 14.0. The van der Waals surface area contributed by atoms with Gasteiger partial charge in [0.05, 0.1) is 16.7 Å². The molecule has 1 amide bonds. The lowest BCUT2D eigenvalue weighted by Gasteiger charge is -2.36. The molecule has 0 bridgehead atoms. The summed E-state index contributed by atoms with van der Waals surface area (Å²) < 4.78 is 96.3. The second kappa shape index (κ2) is 19.4. The Balaban J connectivity index is 1.13. The van der Waals surface area contributed by atoms with Crippen molar-refractivity contribution in [2.45, 2.75) is 51.6 Å². The summed E-state index contributed by atoms with van der Waals surface area (Å²) in [5, 5.41) is 18.0. The van der Waals surface area contributed by atoms with E-state index in [2.05, 4.69) is 15.5 Å². The molecule has 1 aliphatic rings. The molecule has 0 aromatic heterocycles. The number of nitrogens with zero attached hydrogens (tertiary/aromatic N) is 1. The fourth-order valence-corrected chi connectivity index (χ4v) is 10.2. The van der Waals surface area contributed by atoms with Crippen LogP contribution in [0.1, 0.15) is 41.3 Å². The Morgan fingerprint density at radius 1 is 0.883 bits per heavy atom. The smallest absolute Gasteiger partial charge is 0.388 e. The number of aliphatic hydroxyl groups is 1. The van der Waals surface area contributed by atoms with Crippen LogP contribution in [0.25, 0.3) is 11.1 Å². The number of benzene rings is 5. The van der Waals surface area contributed by atoms with E-state index in [4.69, 9.17) is 11.6 Å². The molecule has 1 heterocycles. The van der Waals surface area contributed by atoms with Crippen molar-refractivity contribution in [2.75, 3.05) is 42.7 Å². The molecule has 5 aromatic carbocycles. The van der Waals surface area contributed by atoms with Gasteiger partial charge in [0.15, 0.2) is 0 Å². The van der Waals surface area contributed by atoms with Gasteiger partial charge in [0, 0.05) is 46.1 Å². The van der Waals surface area contributed by atoms with E-state index in [-0.39, 0.29) is 11.5 Å². The number of carbonyl (C=O) groups excluding carboxylic acids is 1. The van der Waals surface area contributed by atoms with Gasteiger partial charge in [0.25, 0.3) is 25.8 Å². The van der Waals surface area contributed by atoms with E-state index in [0.717, 1.165) is 39.4 Å². The number of sulfonamides is 1. The summed E-state index contributed by atoms with van der Waals surface area (Å²) >= 11 is 7.50. The molecule has 318 valence electrons. The van der Waals surface area contributed by atoms with Crippen molar-refractivity contribution < 1.29 is 39.9 Å². The van der Waals surface area contributed by atoms with Crippen molar-refractivity contribution in [2.24, 2.45) is 5.92 Å². The first kappa shape index (κ1) is 45.0. The van der Waals surface area contributed by atoms with Crippen LogP contribution in [0.5, 0.6) is 0 Å². The molecule has 60 heavy (non-hydrogen) atoms. The van der Waals surface area contributed by atoms with Crippen LogP contribution in [0.15, 0.2) is 136 Å². The minimum Gasteiger partial charge on any atom is -0.388 e. The van der Waals surface area contributed by atoms with Gasteiger partial charge in [-0.1, -0.05) is 66.2 Å². The molecule has 5 aromatic rings. The number of thioether (sulfide) groups is 1. The van der Waals surface area contributed by atoms with E-state index >= 15 is 0 Å². The van der Waals surface area contributed by atoms with Crippen LogP contribution in [0.4, 0.5) is 24.5 Å². The molecule has 0 unspecified atom stereocenters. The summed E-state index contributed by atoms with van der Waals surface area (Å²) in [7, 11) is -9.19. The molecule has 10 nitrogen and oxygen atoms in total. The Bertz CT molecular complexity index is 2470. The van der Waals surface area contributed by atoms with E-state index in [9.17, 15) is 39.9 Å². The van der Waals surface area contributed by atoms with Crippen LogP contribution in [0.3, 0.4) is 0 Å². The van der Waals surface area contributed by atoms with Crippen molar-refractivity contribution in [3.05, 3.63) is 137 Å². The third kappa shape index (κ3) is 10.8. The highest BCUT2D eigenvalue weighted by Crippen LogP contribution is 2.39. The minimum absolute atomic E-state index is 0.0140. The van der Waals surface area contributed by atoms with Crippen LogP contribution in [0.2, 0.25) is 5.02 Å². The third-order valence-electron chi connectivity index (χ3n) is 10.3. The molecule has 2 atom stereocenters. The Labute approximate surface area is 357 Å². The largest absolute Gasteiger partial charge is 0.501 e. The summed E-state index contributed by atoms with van der Waals surface area (Å²) in [4.78, 5) is 14.1. The van der Waals surface area contributed by atoms with Crippen LogP contribution in [-0.2, 0) is 19.9 Å². The van der Waals surface area contributed by atoms with E-state index in [1.54, 1.807) is 19.2 Å². The molecule has 1 fully saturated rings. The normalized spacial score (nSPS) is 15.0. The highest BCUT2D eigenvalue weighted by molar-refractivity contribution is 7.99. The van der Waals surface area contributed by atoms with E-state index in [0.29, 0.717) is 55.7 Å². The second-order valence-corrected chi connectivity index (χ2v) is 19.4. The van der Waals surface area contributed by atoms with Gasteiger partial charge in [-0.3, -0.25) is 4.79 Å². The quantitative estimate of drug-likeness (QED) is 0.0712. The van der Waals surface area contributed by atoms with Gasteiger partial charge in [-0.2, -0.15) is 13.2 Å². The van der Waals surface area contributed by atoms with Gasteiger partial charge in [-0.05, 0) is 122 Å². The fraction of sp³-hybridized carbons (Fsp3) is 0.279. The number of sulfone groups is 1. The standard InChI is InChI=1S/C43H44ClF3N4O6S3/c1-48-24-21-33(28-58-35-7-3-2-4-8-35)49-39-20-19-36(27-40(39)59(54,55)43(45,46)47)60(56,57)50-42(53)31-13-17-34(18-14-31)51-25-22-30(23-26-51)41(52)38-10-6-5-9-37(38)29-11-15-32(44)16-12-29/h2-20,27,30,33,41,48-49,52H,21-26,28H2,1H3,(H,50,53)/t33-,41-/m1/s1. The molecule has 0 spiro atoms. The number of amides is 1. The van der Waals surface area contributed by atoms with Crippen LogP contribution in [0, 0.1) is 5.92 Å². The van der Waals surface area contributed by atoms with Gasteiger partial charge >= 0.3 is 5.51 Å². The Morgan fingerprint density at radius 3 is 2.18 bits per heavy atom. The molecule has 17 heteroatoms. The number of hydrogen-bond acceptors (Lipinski definition) is 10. The number of nitrogens with one attached hydrogen (secondary N) is 3.